The number of benzene rings is 1. The molecule has 8 heteroatoms. The zero-order chi connectivity index (χ0) is 15.1. The third kappa shape index (κ3) is 4.96. The molecule has 0 aliphatic carbocycles. The summed E-state index contributed by atoms with van der Waals surface area (Å²) in [4.78, 5) is 4.15. The van der Waals surface area contributed by atoms with Gasteiger partial charge in [-0.15, -0.1) is 5.10 Å². The van der Waals surface area contributed by atoms with Crippen molar-refractivity contribution in [1.82, 2.24) is 20.1 Å². The highest BCUT2D eigenvalue weighted by atomic mass is 35.5. The van der Waals surface area contributed by atoms with Crippen LogP contribution in [0.4, 0.5) is 5.95 Å². The van der Waals surface area contributed by atoms with Gasteiger partial charge in [0, 0.05) is 18.7 Å². The first-order valence-corrected chi connectivity index (χ1v) is 7.14. The second kappa shape index (κ2) is 7.92. The van der Waals surface area contributed by atoms with Gasteiger partial charge < -0.3 is 10.1 Å². The number of aromatic nitrogens is 3. The second-order valence-electron chi connectivity index (χ2n) is 4.23. The summed E-state index contributed by atoms with van der Waals surface area (Å²) in [5.41, 5.74) is 0.983. The minimum atomic E-state index is 0.442. The Morgan fingerprint density at radius 2 is 2.24 bits per heavy atom. The summed E-state index contributed by atoms with van der Waals surface area (Å²) in [7, 11) is 1.64. The standard InChI is InChI=1S/C13H16ClN5OS/c1-20-7-6-15-13(21)17-12-16-9-19(18-12)8-10-4-2-3-5-11(10)14/h2-5,9H,6-8H2,1H3,(H2,15,17,18,21). The number of methoxy groups -OCH3 is 1. The molecule has 0 spiro atoms. The lowest BCUT2D eigenvalue weighted by Crippen LogP contribution is -2.31. The van der Waals surface area contributed by atoms with Crippen LogP contribution in [-0.2, 0) is 11.3 Å². The first-order valence-electron chi connectivity index (χ1n) is 6.35. The summed E-state index contributed by atoms with van der Waals surface area (Å²) in [5.74, 6) is 0.442. The summed E-state index contributed by atoms with van der Waals surface area (Å²) in [5, 5.41) is 11.4. The molecule has 1 heterocycles. The van der Waals surface area contributed by atoms with E-state index >= 15 is 0 Å². The lowest BCUT2D eigenvalue weighted by molar-refractivity contribution is 0.204. The predicted octanol–water partition coefficient (Wildman–Crippen LogP) is 1.91. The molecule has 2 N–H and O–H groups in total. The monoisotopic (exact) mass is 325 g/mol. The molecule has 0 bridgehead atoms. The van der Waals surface area contributed by atoms with Crippen LogP contribution in [-0.4, -0.2) is 40.1 Å². The number of halogens is 1. The topological polar surface area (TPSA) is 64.0 Å². The summed E-state index contributed by atoms with van der Waals surface area (Å²) < 4.78 is 6.62. The molecule has 21 heavy (non-hydrogen) atoms. The predicted molar refractivity (Wildman–Crippen MR) is 86.7 cm³/mol. The molecule has 0 unspecified atom stereocenters. The third-order valence-electron chi connectivity index (χ3n) is 2.64. The molecule has 2 aromatic rings. The van der Waals surface area contributed by atoms with Crippen LogP contribution >= 0.6 is 23.8 Å². The molecule has 0 saturated carbocycles. The Bertz CT molecular complexity index is 604. The van der Waals surface area contributed by atoms with E-state index in [9.17, 15) is 0 Å². The summed E-state index contributed by atoms with van der Waals surface area (Å²) in [6, 6.07) is 7.63. The third-order valence-corrected chi connectivity index (χ3v) is 3.26. The Labute approximate surface area is 133 Å². The van der Waals surface area contributed by atoms with Gasteiger partial charge in [-0.25, -0.2) is 9.67 Å². The maximum absolute atomic E-state index is 6.12. The molecule has 0 saturated heterocycles. The molecule has 0 atom stereocenters. The summed E-state index contributed by atoms with van der Waals surface area (Å²) in [6.07, 6.45) is 1.63. The van der Waals surface area contributed by atoms with Crippen LogP contribution in [0, 0.1) is 0 Å². The van der Waals surface area contributed by atoms with E-state index in [0.717, 1.165) is 5.56 Å². The minimum absolute atomic E-state index is 0.442. The number of rotatable bonds is 6. The molecule has 112 valence electrons. The molecular weight excluding hydrogens is 310 g/mol. The van der Waals surface area contributed by atoms with Gasteiger partial charge in [-0.1, -0.05) is 29.8 Å². The van der Waals surface area contributed by atoms with Crippen LogP contribution in [0.25, 0.3) is 0 Å². The lowest BCUT2D eigenvalue weighted by Gasteiger charge is -2.06. The molecular formula is C13H16ClN5OS. The quantitative estimate of drug-likeness (QED) is 0.625. The summed E-state index contributed by atoms with van der Waals surface area (Å²) >= 11 is 11.2. The molecule has 0 amide bonds. The van der Waals surface area contributed by atoms with E-state index in [0.29, 0.717) is 35.8 Å². The number of hydrogen-bond donors (Lipinski definition) is 2. The van der Waals surface area contributed by atoms with Crippen molar-refractivity contribution >= 4 is 34.9 Å². The number of thiocarbonyl (C=S) groups is 1. The molecule has 0 fully saturated rings. The number of nitrogens with zero attached hydrogens (tertiary/aromatic N) is 3. The van der Waals surface area contributed by atoms with Crippen molar-refractivity contribution in [3.63, 3.8) is 0 Å². The highest BCUT2D eigenvalue weighted by Gasteiger charge is 2.05. The minimum Gasteiger partial charge on any atom is -0.383 e. The average molecular weight is 326 g/mol. The number of hydrogen-bond acceptors (Lipinski definition) is 4. The maximum Gasteiger partial charge on any atom is 0.248 e. The van der Waals surface area contributed by atoms with Crippen LogP contribution in [0.5, 0.6) is 0 Å². The van der Waals surface area contributed by atoms with E-state index in [1.807, 2.05) is 24.3 Å². The van der Waals surface area contributed by atoms with Gasteiger partial charge in [0.1, 0.15) is 6.33 Å². The SMILES string of the molecule is COCCNC(=S)Nc1ncn(Cc2ccccc2Cl)n1. The van der Waals surface area contributed by atoms with Gasteiger partial charge in [0.05, 0.1) is 13.2 Å². The van der Waals surface area contributed by atoms with Gasteiger partial charge in [0.15, 0.2) is 5.11 Å². The van der Waals surface area contributed by atoms with Gasteiger partial charge in [-0.2, -0.15) is 0 Å². The van der Waals surface area contributed by atoms with E-state index < -0.39 is 0 Å². The number of nitrogens with one attached hydrogen (secondary N) is 2. The normalized spacial score (nSPS) is 10.4. The fraction of sp³-hybridized carbons (Fsp3) is 0.308. The van der Waals surface area contributed by atoms with E-state index in [-0.39, 0.29) is 0 Å². The van der Waals surface area contributed by atoms with E-state index in [2.05, 4.69) is 20.7 Å². The Morgan fingerprint density at radius 3 is 3.00 bits per heavy atom. The highest BCUT2D eigenvalue weighted by Crippen LogP contribution is 2.15. The van der Waals surface area contributed by atoms with Crippen molar-refractivity contribution < 1.29 is 4.74 Å². The van der Waals surface area contributed by atoms with Crippen molar-refractivity contribution in [3.8, 4) is 0 Å². The second-order valence-corrected chi connectivity index (χ2v) is 5.05. The van der Waals surface area contributed by atoms with Gasteiger partial charge in [0.2, 0.25) is 5.95 Å². The van der Waals surface area contributed by atoms with Crippen LogP contribution < -0.4 is 10.6 Å². The van der Waals surface area contributed by atoms with Crippen LogP contribution in [0.3, 0.4) is 0 Å². The van der Waals surface area contributed by atoms with Crippen molar-refractivity contribution in [1.29, 1.82) is 0 Å². The van der Waals surface area contributed by atoms with Crippen molar-refractivity contribution in [2.45, 2.75) is 6.54 Å². The maximum atomic E-state index is 6.12. The fourth-order valence-corrected chi connectivity index (χ4v) is 2.03. The Hall–Kier alpha value is -1.70. The molecule has 2 rings (SSSR count). The number of ether oxygens (including phenoxy) is 1. The van der Waals surface area contributed by atoms with Crippen molar-refractivity contribution in [2.75, 3.05) is 25.6 Å². The Morgan fingerprint density at radius 1 is 1.43 bits per heavy atom. The highest BCUT2D eigenvalue weighted by molar-refractivity contribution is 7.80. The molecule has 0 aliphatic rings. The van der Waals surface area contributed by atoms with Gasteiger partial charge in [-0.05, 0) is 23.8 Å². The van der Waals surface area contributed by atoms with E-state index in [4.69, 9.17) is 28.6 Å². The molecule has 1 aromatic heterocycles. The average Bonchev–Trinajstić information content (AvgIpc) is 2.89. The molecule has 1 aromatic carbocycles. The van der Waals surface area contributed by atoms with E-state index in [1.165, 1.54) is 0 Å². The van der Waals surface area contributed by atoms with Gasteiger partial charge in [-0.3, -0.25) is 5.32 Å². The molecule has 0 aliphatic heterocycles. The van der Waals surface area contributed by atoms with Gasteiger partial charge >= 0.3 is 0 Å². The lowest BCUT2D eigenvalue weighted by atomic mass is 10.2. The first-order chi connectivity index (χ1) is 10.2. The van der Waals surface area contributed by atoms with Crippen molar-refractivity contribution in [2.24, 2.45) is 0 Å². The zero-order valence-electron chi connectivity index (χ0n) is 11.5. The largest absolute Gasteiger partial charge is 0.383 e. The van der Waals surface area contributed by atoms with Gasteiger partial charge in [0.25, 0.3) is 0 Å². The number of anilines is 1. The van der Waals surface area contributed by atoms with E-state index in [1.54, 1.807) is 18.1 Å². The Balaban J connectivity index is 1.89. The van der Waals surface area contributed by atoms with Crippen molar-refractivity contribution in [3.05, 3.63) is 41.2 Å². The van der Waals surface area contributed by atoms with Crippen LogP contribution in [0.15, 0.2) is 30.6 Å². The Kier molecular flexibility index (Phi) is 5.91. The molecule has 0 radical (unpaired) electrons. The zero-order valence-corrected chi connectivity index (χ0v) is 13.1. The van der Waals surface area contributed by atoms with Crippen LogP contribution in [0.1, 0.15) is 5.56 Å². The first kappa shape index (κ1) is 15.7. The summed E-state index contributed by atoms with van der Waals surface area (Å²) in [6.45, 7) is 1.76. The molecule has 6 nitrogen and oxygen atoms in total. The smallest absolute Gasteiger partial charge is 0.248 e. The van der Waals surface area contributed by atoms with Crippen LogP contribution in [0.2, 0.25) is 5.02 Å². The fourth-order valence-electron chi connectivity index (χ4n) is 1.64.